The zero-order valence-electron chi connectivity index (χ0n) is 17.3. The molecule has 1 aliphatic rings. The summed E-state index contributed by atoms with van der Waals surface area (Å²) >= 11 is -1.51. The Morgan fingerprint density at radius 2 is 1.81 bits per heavy atom. The van der Waals surface area contributed by atoms with Crippen molar-refractivity contribution in [2.75, 3.05) is 18.6 Å². The first kappa shape index (κ1) is 21.0. The van der Waals surface area contributed by atoms with Crippen LogP contribution in [0, 0.1) is 0 Å². The van der Waals surface area contributed by atoms with Crippen molar-refractivity contribution >= 4 is 28.7 Å². The molecular weight excluding hydrogens is 412 g/mol. The molecular formula is C24H22N2O4S. The third-order valence-electron chi connectivity index (χ3n) is 5.20. The number of fused-ring (bicyclic) bond motifs is 2. The number of anilines is 1. The summed E-state index contributed by atoms with van der Waals surface area (Å²) in [6.07, 6.45) is 0. The van der Waals surface area contributed by atoms with Crippen molar-refractivity contribution in [1.82, 2.24) is 5.32 Å². The van der Waals surface area contributed by atoms with Gasteiger partial charge in [0.2, 0.25) is 0 Å². The minimum atomic E-state index is -1.51. The van der Waals surface area contributed by atoms with Crippen molar-refractivity contribution in [2.24, 2.45) is 0 Å². The molecule has 0 radical (unpaired) electrons. The van der Waals surface area contributed by atoms with Gasteiger partial charge in [-0.3, -0.25) is 9.59 Å². The maximum absolute atomic E-state index is 13.2. The molecule has 0 fully saturated rings. The second kappa shape index (κ2) is 8.83. The van der Waals surface area contributed by atoms with Gasteiger partial charge in [-0.05, 0) is 55.0 Å². The average Bonchev–Trinajstić information content (AvgIpc) is 2.90. The molecule has 4 rings (SSSR count). The molecule has 0 saturated carbocycles. The lowest BCUT2D eigenvalue weighted by Gasteiger charge is -2.20. The largest absolute Gasteiger partial charge is 0.606 e. The molecule has 31 heavy (non-hydrogen) atoms. The van der Waals surface area contributed by atoms with Crippen molar-refractivity contribution in [3.8, 4) is 5.75 Å². The minimum absolute atomic E-state index is 0.221. The highest BCUT2D eigenvalue weighted by molar-refractivity contribution is 7.91. The topological polar surface area (TPSA) is 81.7 Å². The van der Waals surface area contributed by atoms with Gasteiger partial charge >= 0.3 is 0 Å². The molecule has 0 aliphatic carbocycles. The van der Waals surface area contributed by atoms with Crippen LogP contribution in [0.5, 0.6) is 5.75 Å². The standard InChI is InChI=1S/C24H22N2O4S/c1-3-26-20-14-17(23(27)25-15-16-8-11-18(30-2)12-9-16)10-13-22(20)31(29)21-7-5-4-6-19(21)24(26)28/h4-14H,3,15H2,1-2H3,(H,25,27)/t31-/m0/s1. The summed E-state index contributed by atoms with van der Waals surface area (Å²) in [5.74, 6) is 0.259. The number of methoxy groups -OCH3 is 1. The summed E-state index contributed by atoms with van der Waals surface area (Å²) in [7, 11) is 1.60. The van der Waals surface area contributed by atoms with Gasteiger partial charge < -0.3 is 19.5 Å². The van der Waals surface area contributed by atoms with E-state index in [0.717, 1.165) is 11.3 Å². The van der Waals surface area contributed by atoms with Crippen LogP contribution in [0.15, 0.2) is 76.5 Å². The van der Waals surface area contributed by atoms with E-state index in [1.807, 2.05) is 31.2 Å². The van der Waals surface area contributed by atoms with E-state index in [-0.39, 0.29) is 11.8 Å². The molecule has 0 aromatic heterocycles. The monoisotopic (exact) mass is 434 g/mol. The number of amides is 2. The number of benzene rings is 3. The third-order valence-corrected chi connectivity index (χ3v) is 6.70. The summed E-state index contributed by atoms with van der Waals surface area (Å²) in [6, 6.07) is 19.3. The Kier molecular flexibility index (Phi) is 5.97. The highest BCUT2D eigenvalue weighted by atomic mass is 32.2. The van der Waals surface area contributed by atoms with Crippen LogP contribution >= 0.6 is 0 Å². The van der Waals surface area contributed by atoms with Gasteiger partial charge in [-0.2, -0.15) is 0 Å². The summed E-state index contributed by atoms with van der Waals surface area (Å²) in [5, 5.41) is 2.89. The van der Waals surface area contributed by atoms with Gasteiger partial charge in [0.25, 0.3) is 11.8 Å². The van der Waals surface area contributed by atoms with E-state index in [1.165, 1.54) is 0 Å². The van der Waals surface area contributed by atoms with Crippen LogP contribution in [0.4, 0.5) is 5.69 Å². The number of rotatable bonds is 5. The van der Waals surface area contributed by atoms with Crippen LogP contribution in [0.25, 0.3) is 0 Å². The maximum atomic E-state index is 13.2. The van der Waals surface area contributed by atoms with Crippen LogP contribution in [0.1, 0.15) is 33.2 Å². The van der Waals surface area contributed by atoms with E-state index in [4.69, 9.17) is 4.74 Å². The molecule has 1 heterocycles. The number of hydrogen-bond donors (Lipinski definition) is 1. The van der Waals surface area contributed by atoms with Gasteiger partial charge in [0.15, 0.2) is 9.79 Å². The maximum Gasteiger partial charge on any atom is 0.263 e. The molecule has 0 saturated heterocycles. The summed E-state index contributed by atoms with van der Waals surface area (Å²) in [6.45, 7) is 2.61. The summed E-state index contributed by atoms with van der Waals surface area (Å²) < 4.78 is 18.3. The number of ether oxygens (including phenoxy) is 1. The molecule has 2 amide bonds. The first-order valence-electron chi connectivity index (χ1n) is 9.91. The average molecular weight is 435 g/mol. The normalized spacial score (nSPS) is 15.0. The summed E-state index contributed by atoms with van der Waals surface area (Å²) in [5.41, 5.74) is 2.26. The Labute approximate surface area is 184 Å². The first-order chi connectivity index (χ1) is 15.0. The zero-order valence-corrected chi connectivity index (χ0v) is 18.1. The van der Waals surface area contributed by atoms with Crippen molar-refractivity contribution < 1.29 is 18.9 Å². The molecule has 1 atom stereocenters. The van der Waals surface area contributed by atoms with E-state index in [0.29, 0.717) is 39.7 Å². The fourth-order valence-corrected chi connectivity index (χ4v) is 4.89. The van der Waals surface area contributed by atoms with Crippen LogP contribution in [0.3, 0.4) is 0 Å². The molecule has 1 aliphatic heterocycles. The SMILES string of the molecule is CCN1C(=O)c2ccccc2[S@+]([O-])c2ccc(C(=O)NCc3ccc(OC)cc3)cc21. The highest BCUT2D eigenvalue weighted by Gasteiger charge is 2.35. The fourth-order valence-electron chi connectivity index (χ4n) is 3.55. The zero-order chi connectivity index (χ0) is 22.0. The minimum Gasteiger partial charge on any atom is -0.606 e. The Hall–Kier alpha value is -3.29. The number of nitrogens with zero attached hydrogens (tertiary/aromatic N) is 1. The Balaban J connectivity index is 1.62. The lowest BCUT2D eigenvalue weighted by molar-refractivity contribution is 0.0947. The predicted molar refractivity (Wildman–Crippen MR) is 119 cm³/mol. The molecule has 3 aromatic carbocycles. The smallest absolute Gasteiger partial charge is 0.263 e. The van der Waals surface area contributed by atoms with Crippen LogP contribution < -0.4 is 15.0 Å². The fraction of sp³-hybridized carbons (Fsp3) is 0.167. The Morgan fingerprint density at radius 3 is 2.52 bits per heavy atom. The van der Waals surface area contributed by atoms with Crippen molar-refractivity contribution in [3.63, 3.8) is 0 Å². The van der Waals surface area contributed by atoms with Gasteiger partial charge in [0.05, 0.1) is 12.7 Å². The third kappa shape index (κ3) is 4.02. The number of carbonyl (C=O) groups is 2. The molecule has 0 bridgehead atoms. The molecule has 158 valence electrons. The van der Waals surface area contributed by atoms with Crippen molar-refractivity contribution in [2.45, 2.75) is 23.3 Å². The van der Waals surface area contributed by atoms with Crippen LogP contribution in [-0.4, -0.2) is 30.0 Å². The Bertz CT molecular complexity index is 1130. The van der Waals surface area contributed by atoms with Gasteiger partial charge in [-0.1, -0.05) is 24.3 Å². The molecule has 0 unspecified atom stereocenters. The van der Waals surface area contributed by atoms with Crippen LogP contribution in [-0.2, 0) is 17.7 Å². The van der Waals surface area contributed by atoms with Gasteiger partial charge in [0, 0.05) is 29.8 Å². The lowest BCUT2D eigenvalue weighted by atomic mass is 10.1. The van der Waals surface area contributed by atoms with E-state index in [2.05, 4.69) is 5.32 Å². The summed E-state index contributed by atoms with van der Waals surface area (Å²) in [4.78, 5) is 28.5. The van der Waals surface area contributed by atoms with Crippen molar-refractivity contribution in [3.05, 3.63) is 83.4 Å². The molecule has 7 heteroatoms. The Morgan fingerprint density at radius 1 is 1.06 bits per heavy atom. The molecule has 6 nitrogen and oxygen atoms in total. The second-order valence-electron chi connectivity index (χ2n) is 7.03. The molecule has 1 N–H and O–H groups in total. The van der Waals surface area contributed by atoms with Gasteiger partial charge in [0.1, 0.15) is 11.4 Å². The predicted octanol–water partition coefficient (Wildman–Crippen LogP) is 3.77. The second-order valence-corrected chi connectivity index (χ2v) is 8.44. The number of hydrogen-bond acceptors (Lipinski definition) is 4. The first-order valence-corrected chi connectivity index (χ1v) is 11.1. The lowest BCUT2D eigenvalue weighted by Crippen LogP contribution is -2.31. The van der Waals surface area contributed by atoms with Crippen LogP contribution in [0.2, 0.25) is 0 Å². The molecule has 0 spiro atoms. The van der Waals surface area contributed by atoms with E-state index in [9.17, 15) is 14.1 Å². The quantitative estimate of drug-likeness (QED) is 0.620. The molecule has 3 aromatic rings. The van der Waals surface area contributed by atoms with E-state index >= 15 is 0 Å². The van der Waals surface area contributed by atoms with E-state index in [1.54, 1.807) is 54.5 Å². The van der Waals surface area contributed by atoms with Crippen molar-refractivity contribution in [1.29, 1.82) is 0 Å². The van der Waals surface area contributed by atoms with E-state index < -0.39 is 11.2 Å². The number of nitrogens with one attached hydrogen (secondary N) is 1. The van der Waals surface area contributed by atoms with Gasteiger partial charge in [-0.25, -0.2) is 0 Å². The number of carbonyl (C=O) groups excluding carboxylic acids is 2. The highest BCUT2D eigenvalue weighted by Crippen LogP contribution is 2.37. The van der Waals surface area contributed by atoms with Gasteiger partial charge in [-0.15, -0.1) is 0 Å².